The minimum absolute atomic E-state index is 0.437. The first-order chi connectivity index (χ1) is 13.2. The highest BCUT2D eigenvalue weighted by Gasteiger charge is 2.14. The highest BCUT2D eigenvalue weighted by atomic mass is 32.2. The fourth-order valence-corrected chi connectivity index (χ4v) is 3.84. The third-order valence-corrected chi connectivity index (χ3v) is 5.25. The van der Waals surface area contributed by atoms with Crippen LogP contribution in [-0.2, 0) is 5.75 Å². The monoisotopic (exact) mass is 376 g/mol. The minimum Gasteiger partial charge on any atom is -0.295 e. The van der Waals surface area contributed by atoms with E-state index in [2.05, 4.69) is 63.2 Å². The zero-order valence-electron chi connectivity index (χ0n) is 15.2. The van der Waals surface area contributed by atoms with Crippen LogP contribution in [0.1, 0.15) is 31.2 Å². The molecule has 0 saturated heterocycles. The Morgan fingerprint density at radius 3 is 2.59 bits per heavy atom. The molecule has 0 unspecified atom stereocenters. The number of para-hydroxylation sites is 2. The standard InChI is InChI=1S/C20H20N6S/c1-15(2)17-10-6-7-11-18(17)25-13-12-21-20(25)27-14-19-22-23-24-26(19)16-8-4-3-5-9-16/h3-13,15H,14H2,1-2H3. The summed E-state index contributed by atoms with van der Waals surface area (Å²) in [5, 5.41) is 13.1. The maximum atomic E-state index is 4.54. The van der Waals surface area contributed by atoms with Crippen LogP contribution in [0.25, 0.3) is 11.4 Å². The molecule has 0 amide bonds. The Kier molecular flexibility index (Phi) is 5.02. The normalized spacial score (nSPS) is 11.2. The number of hydrogen-bond donors (Lipinski definition) is 0. The van der Waals surface area contributed by atoms with E-state index < -0.39 is 0 Å². The molecule has 0 bridgehead atoms. The molecule has 4 rings (SSSR count). The zero-order valence-corrected chi connectivity index (χ0v) is 16.0. The van der Waals surface area contributed by atoms with Crippen LogP contribution >= 0.6 is 11.8 Å². The average molecular weight is 376 g/mol. The van der Waals surface area contributed by atoms with E-state index in [-0.39, 0.29) is 0 Å². The highest BCUT2D eigenvalue weighted by Crippen LogP contribution is 2.28. The number of imidazole rings is 1. The van der Waals surface area contributed by atoms with Gasteiger partial charge in [-0.15, -0.1) is 5.10 Å². The van der Waals surface area contributed by atoms with Crippen molar-refractivity contribution in [3.05, 3.63) is 78.4 Å². The summed E-state index contributed by atoms with van der Waals surface area (Å²) in [6.07, 6.45) is 3.84. The molecule has 0 radical (unpaired) electrons. The lowest BCUT2D eigenvalue weighted by molar-refractivity contribution is 0.777. The maximum absolute atomic E-state index is 4.54. The van der Waals surface area contributed by atoms with Crippen LogP contribution in [0.5, 0.6) is 0 Å². The van der Waals surface area contributed by atoms with Gasteiger partial charge in [0.2, 0.25) is 0 Å². The largest absolute Gasteiger partial charge is 0.295 e. The van der Waals surface area contributed by atoms with Crippen LogP contribution in [0.4, 0.5) is 0 Å². The van der Waals surface area contributed by atoms with Crippen molar-refractivity contribution in [2.45, 2.75) is 30.7 Å². The van der Waals surface area contributed by atoms with Crippen molar-refractivity contribution in [1.82, 2.24) is 29.8 Å². The molecule has 0 saturated carbocycles. The molecule has 6 nitrogen and oxygen atoms in total. The quantitative estimate of drug-likeness (QED) is 0.471. The molecule has 7 heteroatoms. The molecule has 0 aliphatic heterocycles. The molecule has 2 aromatic carbocycles. The van der Waals surface area contributed by atoms with Gasteiger partial charge in [-0.25, -0.2) is 4.98 Å². The topological polar surface area (TPSA) is 61.4 Å². The first-order valence-corrected chi connectivity index (χ1v) is 9.80. The van der Waals surface area contributed by atoms with Crippen LogP contribution in [0.2, 0.25) is 0 Å². The highest BCUT2D eigenvalue weighted by molar-refractivity contribution is 7.98. The Balaban J connectivity index is 1.59. The summed E-state index contributed by atoms with van der Waals surface area (Å²) in [5.74, 6) is 1.85. The predicted molar refractivity (Wildman–Crippen MR) is 106 cm³/mol. The van der Waals surface area contributed by atoms with E-state index >= 15 is 0 Å². The SMILES string of the molecule is CC(C)c1ccccc1-n1ccnc1SCc1nnnn1-c1ccccc1. The van der Waals surface area contributed by atoms with Crippen molar-refractivity contribution in [2.24, 2.45) is 0 Å². The first-order valence-electron chi connectivity index (χ1n) is 8.82. The van der Waals surface area contributed by atoms with Gasteiger partial charge < -0.3 is 0 Å². The summed E-state index contributed by atoms with van der Waals surface area (Å²) >= 11 is 1.62. The molecule has 27 heavy (non-hydrogen) atoms. The van der Waals surface area contributed by atoms with Gasteiger partial charge in [0, 0.05) is 12.4 Å². The van der Waals surface area contributed by atoms with Crippen molar-refractivity contribution >= 4 is 11.8 Å². The van der Waals surface area contributed by atoms with Gasteiger partial charge in [-0.1, -0.05) is 62.0 Å². The second kappa shape index (κ2) is 7.75. The summed E-state index contributed by atoms with van der Waals surface area (Å²) in [7, 11) is 0. The number of thioether (sulfide) groups is 1. The van der Waals surface area contributed by atoms with Gasteiger partial charge >= 0.3 is 0 Å². The molecule has 0 fully saturated rings. The lowest BCUT2D eigenvalue weighted by Crippen LogP contribution is -2.04. The van der Waals surface area contributed by atoms with Gasteiger partial charge in [-0.2, -0.15) is 4.68 Å². The second-order valence-corrected chi connectivity index (χ2v) is 7.37. The lowest BCUT2D eigenvalue weighted by Gasteiger charge is -2.15. The Labute approximate surface area is 162 Å². The number of tetrazole rings is 1. The summed E-state index contributed by atoms with van der Waals surface area (Å²) in [6.45, 7) is 4.41. The Morgan fingerprint density at radius 2 is 1.78 bits per heavy atom. The molecule has 4 aromatic rings. The lowest BCUT2D eigenvalue weighted by atomic mass is 10.0. The predicted octanol–water partition coefficient (Wildman–Crippen LogP) is 4.26. The minimum atomic E-state index is 0.437. The molecular formula is C20H20N6S. The number of rotatable bonds is 6. The number of nitrogens with zero attached hydrogens (tertiary/aromatic N) is 6. The summed E-state index contributed by atoms with van der Waals surface area (Å²) in [4.78, 5) is 4.54. The van der Waals surface area contributed by atoms with Crippen molar-refractivity contribution in [3.8, 4) is 11.4 Å². The van der Waals surface area contributed by atoms with Gasteiger partial charge in [-0.05, 0) is 40.1 Å². The van der Waals surface area contributed by atoms with E-state index in [1.807, 2.05) is 42.7 Å². The second-order valence-electron chi connectivity index (χ2n) is 6.42. The van der Waals surface area contributed by atoms with E-state index in [0.29, 0.717) is 11.7 Å². The molecular weight excluding hydrogens is 356 g/mol. The molecule has 0 atom stereocenters. The molecule has 2 aromatic heterocycles. The van der Waals surface area contributed by atoms with Gasteiger partial charge in [0.25, 0.3) is 0 Å². The molecule has 136 valence electrons. The number of hydrogen-bond acceptors (Lipinski definition) is 5. The van der Waals surface area contributed by atoms with Crippen molar-refractivity contribution in [2.75, 3.05) is 0 Å². The van der Waals surface area contributed by atoms with Crippen LogP contribution in [0, 0.1) is 0 Å². The third-order valence-electron chi connectivity index (χ3n) is 4.29. The van der Waals surface area contributed by atoms with Crippen LogP contribution in [0.15, 0.2) is 72.1 Å². The first kappa shape index (κ1) is 17.5. The van der Waals surface area contributed by atoms with E-state index in [4.69, 9.17) is 0 Å². The average Bonchev–Trinajstić information content (AvgIpc) is 3.36. The van der Waals surface area contributed by atoms with Crippen molar-refractivity contribution in [3.63, 3.8) is 0 Å². The van der Waals surface area contributed by atoms with E-state index in [9.17, 15) is 0 Å². The fourth-order valence-electron chi connectivity index (χ4n) is 2.97. The van der Waals surface area contributed by atoms with E-state index in [0.717, 1.165) is 22.4 Å². The smallest absolute Gasteiger partial charge is 0.173 e. The number of aromatic nitrogens is 6. The third kappa shape index (κ3) is 3.64. The molecule has 0 N–H and O–H groups in total. The molecule has 2 heterocycles. The summed E-state index contributed by atoms with van der Waals surface area (Å²) in [6, 6.07) is 18.4. The van der Waals surface area contributed by atoms with E-state index in [1.54, 1.807) is 16.4 Å². The zero-order chi connectivity index (χ0) is 18.6. The van der Waals surface area contributed by atoms with Gasteiger partial charge in [0.15, 0.2) is 11.0 Å². The maximum Gasteiger partial charge on any atom is 0.173 e. The van der Waals surface area contributed by atoms with Gasteiger partial charge in [0.05, 0.1) is 17.1 Å². The van der Waals surface area contributed by atoms with Gasteiger partial charge in [0.1, 0.15) is 0 Å². The summed E-state index contributed by atoms with van der Waals surface area (Å²) < 4.78 is 3.90. The van der Waals surface area contributed by atoms with Crippen LogP contribution in [0.3, 0.4) is 0 Å². The Morgan fingerprint density at radius 1 is 1.00 bits per heavy atom. The van der Waals surface area contributed by atoms with E-state index in [1.165, 1.54) is 5.56 Å². The van der Waals surface area contributed by atoms with Gasteiger partial charge in [-0.3, -0.25) is 4.57 Å². The Bertz CT molecular complexity index is 1020. The molecule has 0 spiro atoms. The number of benzene rings is 2. The fraction of sp³-hybridized carbons (Fsp3) is 0.200. The van der Waals surface area contributed by atoms with Crippen LogP contribution in [-0.4, -0.2) is 29.8 Å². The summed E-state index contributed by atoms with van der Waals surface area (Å²) in [5.41, 5.74) is 3.41. The molecule has 0 aliphatic carbocycles. The van der Waals surface area contributed by atoms with Crippen LogP contribution < -0.4 is 0 Å². The van der Waals surface area contributed by atoms with Crippen molar-refractivity contribution in [1.29, 1.82) is 0 Å². The molecule has 0 aliphatic rings. The Hall–Kier alpha value is -2.93. The van der Waals surface area contributed by atoms with Crippen molar-refractivity contribution < 1.29 is 0 Å².